The van der Waals surface area contributed by atoms with Crippen LogP contribution in [-0.2, 0) is 9.59 Å². The highest BCUT2D eigenvalue weighted by atomic mass is 35.5. The Hall–Kier alpha value is -3.07. The number of carbonyl (C=O) groups excluding carboxylic acids is 3. The van der Waals surface area contributed by atoms with Gasteiger partial charge in [-0.1, -0.05) is 11.6 Å². The van der Waals surface area contributed by atoms with Crippen molar-refractivity contribution in [2.24, 2.45) is 0 Å². The number of nitrogens with one attached hydrogen (secondary N) is 2. The maximum atomic E-state index is 12.1. The molecule has 10 heteroatoms. The zero-order valence-electron chi connectivity index (χ0n) is 14.1. The lowest BCUT2D eigenvalue weighted by Crippen LogP contribution is -2.36. The maximum Gasteiger partial charge on any atom is 0.327 e. The van der Waals surface area contributed by atoms with Gasteiger partial charge >= 0.3 is 6.03 Å². The molecule has 1 aromatic heterocycles. The number of hydrogen-bond acceptors (Lipinski definition) is 5. The summed E-state index contributed by atoms with van der Waals surface area (Å²) in [6.45, 7) is -0.355. The fraction of sp³-hybridized carbons (Fsp3) is 0.250. The van der Waals surface area contributed by atoms with E-state index in [9.17, 15) is 14.4 Å². The molecule has 0 bridgehead atoms. The van der Waals surface area contributed by atoms with Crippen LogP contribution in [0.4, 0.5) is 10.6 Å². The van der Waals surface area contributed by atoms with Gasteiger partial charge in [0.2, 0.25) is 11.8 Å². The van der Waals surface area contributed by atoms with Gasteiger partial charge < -0.3 is 15.0 Å². The van der Waals surface area contributed by atoms with Gasteiger partial charge in [-0.15, -0.1) is 0 Å². The van der Waals surface area contributed by atoms with Gasteiger partial charge in [0.25, 0.3) is 0 Å². The number of urea groups is 1. The molecule has 136 valence electrons. The Kier molecular flexibility index (Phi) is 4.81. The van der Waals surface area contributed by atoms with E-state index in [4.69, 9.17) is 16.3 Å². The molecular weight excluding hydrogens is 362 g/mol. The molecule has 0 unspecified atom stereocenters. The molecule has 0 aliphatic carbocycles. The molecular formula is C16H16ClN5O4. The van der Waals surface area contributed by atoms with Crippen molar-refractivity contribution in [3.8, 4) is 17.0 Å². The first kappa shape index (κ1) is 17.7. The molecule has 2 N–H and O–H groups in total. The number of methoxy groups -OCH3 is 1. The Morgan fingerprint density at radius 3 is 2.81 bits per heavy atom. The Morgan fingerprint density at radius 1 is 1.38 bits per heavy atom. The van der Waals surface area contributed by atoms with E-state index in [1.807, 2.05) is 0 Å². The van der Waals surface area contributed by atoms with Crippen molar-refractivity contribution in [2.45, 2.75) is 0 Å². The summed E-state index contributed by atoms with van der Waals surface area (Å²) < 4.78 is 5.29. The molecule has 1 aromatic carbocycles. The molecule has 26 heavy (non-hydrogen) atoms. The first-order valence-corrected chi connectivity index (χ1v) is 8.01. The lowest BCUT2D eigenvalue weighted by atomic mass is 10.1. The molecule has 3 rings (SSSR count). The van der Waals surface area contributed by atoms with Gasteiger partial charge in [0.1, 0.15) is 18.8 Å². The smallest absolute Gasteiger partial charge is 0.327 e. The number of anilines is 1. The van der Waals surface area contributed by atoms with Crippen LogP contribution in [0, 0.1) is 0 Å². The van der Waals surface area contributed by atoms with E-state index in [2.05, 4.69) is 15.5 Å². The number of aromatic amines is 1. The molecule has 0 spiro atoms. The number of hydrogen-bond donors (Lipinski definition) is 2. The Bertz CT molecular complexity index is 881. The van der Waals surface area contributed by atoms with E-state index < -0.39 is 11.9 Å². The summed E-state index contributed by atoms with van der Waals surface area (Å²) in [4.78, 5) is 37.5. The van der Waals surface area contributed by atoms with Crippen LogP contribution in [-0.4, -0.2) is 65.1 Å². The van der Waals surface area contributed by atoms with Crippen LogP contribution in [0.25, 0.3) is 11.3 Å². The Labute approximate surface area is 153 Å². The van der Waals surface area contributed by atoms with Crippen LogP contribution in [0.1, 0.15) is 0 Å². The minimum atomic E-state index is -0.503. The number of aromatic nitrogens is 2. The predicted molar refractivity (Wildman–Crippen MR) is 94.0 cm³/mol. The number of ether oxygens (including phenoxy) is 1. The van der Waals surface area contributed by atoms with Crippen LogP contribution in [0.5, 0.6) is 5.75 Å². The van der Waals surface area contributed by atoms with Crippen molar-refractivity contribution in [2.75, 3.05) is 32.6 Å². The molecule has 9 nitrogen and oxygen atoms in total. The van der Waals surface area contributed by atoms with Gasteiger partial charge in [-0.25, -0.2) is 4.79 Å². The molecule has 0 atom stereocenters. The molecule has 1 aliphatic heterocycles. The SMILES string of the molecule is COc1ccc(Cl)cc1-c1cc(NC(=O)CN2CC(=O)N(C)C2=O)n[nH]1. The fourth-order valence-corrected chi connectivity index (χ4v) is 2.72. The fourth-order valence-electron chi connectivity index (χ4n) is 2.55. The van der Waals surface area contributed by atoms with Crippen LogP contribution < -0.4 is 10.1 Å². The zero-order valence-corrected chi connectivity index (χ0v) is 14.8. The summed E-state index contributed by atoms with van der Waals surface area (Å²) >= 11 is 6.02. The number of imide groups is 1. The minimum absolute atomic E-state index is 0.117. The van der Waals surface area contributed by atoms with Crippen molar-refractivity contribution >= 4 is 35.3 Å². The van der Waals surface area contributed by atoms with Crippen LogP contribution in [0.3, 0.4) is 0 Å². The number of likely N-dealkylation sites (N-methyl/N-ethyl adjacent to an activating group) is 1. The second-order valence-electron chi connectivity index (χ2n) is 5.65. The Balaban J connectivity index is 1.69. The highest BCUT2D eigenvalue weighted by Crippen LogP contribution is 2.32. The number of halogens is 1. The summed E-state index contributed by atoms with van der Waals surface area (Å²) in [5, 5.41) is 9.94. The number of carbonyl (C=O) groups is 3. The van der Waals surface area contributed by atoms with Crippen LogP contribution >= 0.6 is 11.6 Å². The van der Waals surface area contributed by atoms with E-state index in [0.29, 0.717) is 22.0 Å². The predicted octanol–water partition coefficient (Wildman–Crippen LogP) is 1.57. The third-order valence-corrected chi connectivity index (χ3v) is 4.12. The zero-order chi connectivity index (χ0) is 18.8. The van der Waals surface area contributed by atoms with E-state index in [1.54, 1.807) is 24.3 Å². The molecule has 1 saturated heterocycles. The standard InChI is InChI=1S/C16H16ClN5O4/c1-21-15(24)8-22(16(21)25)7-14(23)18-13-6-11(19-20-13)10-5-9(17)3-4-12(10)26-2/h3-6H,7-8H2,1-2H3,(H2,18,19,20,23). The van der Waals surface area contributed by atoms with Gasteiger partial charge in [0, 0.05) is 23.7 Å². The van der Waals surface area contributed by atoms with Gasteiger partial charge in [-0.05, 0) is 18.2 Å². The number of benzene rings is 1. The topological polar surface area (TPSA) is 108 Å². The molecule has 2 aromatic rings. The van der Waals surface area contributed by atoms with Crippen molar-refractivity contribution < 1.29 is 19.1 Å². The summed E-state index contributed by atoms with van der Waals surface area (Å²) in [5.74, 6) is 0.0639. The highest BCUT2D eigenvalue weighted by molar-refractivity contribution is 6.31. The minimum Gasteiger partial charge on any atom is -0.496 e. The van der Waals surface area contributed by atoms with Crippen molar-refractivity contribution in [1.82, 2.24) is 20.0 Å². The number of amides is 4. The van der Waals surface area contributed by atoms with Gasteiger partial charge in [-0.2, -0.15) is 5.10 Å². The van der Waals surface area contributed by atoms with Crippen LogP contribution in [0.2, 0.25) is 5.02 Å². The number of H-pyrrole nitrogens is 1. The number of rotatable bonds is 5. The number of nitrogens with zero attached hydrogens (tertiary/aromatic N) is 3. The normalized spacial score (nSPS) is 14.1. The Morgan fingerprint density at radius 2 is 2.15 bits per heavy atom. The van der Waals surface area contributed by atoms with E-state index in [0.717, 1.165) is 9.80 Å². The molecule has 1 aliphatic rings. The third kappa shape index (κ3) is 3.47. The van der Waals surface area contributed by atoms with Crippen molar-refractivity contribution in [3.63, 3.8) is 0 Å². The first-order chi connectivity index (χ1) is 12.4. The monoisotopic (exact) mass is 377 g/mol. The van der Waals surface area contributed by atoms with Crippen molar-refractivity contribution in [3.05, 3.63) is 29.3 Å². The van der Waals surface area contributed by atoms with E-state index in [1.165, 1.54) is 14.2 Å². The van der Waals surface area contributed by atoms with Crippen molar-refractivity contribution in [1.29, 1.82) is 0 Å². The van der Waals surface area contributed by atoms with Gasteiger partial charge in [0.15, 0.2) is 5.82 Å². The lowest BCUT2D eigenvalue weighted by molar-refractivity contribution is -0.124. The molecule has 2 heterocycles. The quantitative estimate of drug-likeness (QED) is 0.769. The summed E-state index contributed by atoms with van der Waals surface area (Å²) in [6, 6.07) is 6.26. The average Bonchev–Trinajstić information content (AvgIpc) is 3.16. The third-order valence-electron chi connectivity index (χ3n) is 3.89. The largest absolute Gasteiger partial charge is 0.496 e. The van der Waals surface area contributed by atoms with E-state index >= 15 is 0 Å². The summed E-state index contributed by atoms with van der Waals surface area (Å²) in [6.07, 6.45) is 0. The van der Waals surface area contributed by atoms with E-state index in [-0.39, 0.29) is 24.8 Å². The maximum absolute atomic E-state index is 12.1. The average molecular weight is 378 g/mol. The molecule has 1 fully saturated rings. The molecule has 4 amide bonds. The lowest BCUT2D eigenvalue weighted by Gasteiger charge is -2.13. The molecule has 0 radical (unpaired) electrons. The second-order valence-corrected chi connectivity index (χ2v) is 6.09. The summed E-state index contributed by atoms with van der Waals surface area (Å²) in [5.41, 5.74) is 1.29. The summed E-state index contributed by atoms with van der Waals surface area (Å²) in [7, 11) is 2.91. The first-order valence-electron chi connectivity index (χ1n) is 7.63. The van der Waals surface area contributed by atoms with Gasteiger partial charge in [-0.3, -0.25) is 19.6 Å². The highest BCUT2D eigenvalue weighted by Gasteiger charge is 2.34. The second kappa shape index (κ2) is 7.04. The van der Waals surface area contributed by atoms with Gasteiger partial charge in [0.05, 0.1) is 12.8 Å². The van der Waals surface area contributed by atoms with Crippen LogP contribution in [0.15, 0.2) is 24.3 Å². The molecule has 0 saturated carbocycles.